The van der Waals surface area contributed by atoms with Gasteiger partial charge in [0.1, 0.15) is 17.3 Å². The minimum atomic E-state index is -4.24. The van der Waals surface area contributed by atoms with Gasteiger partial charge in [-0.1, -0.05) is 48.5 Å². The normalized spacial score (nSPS) is 14.7. The van der Waals surface area contributed by atoms with Crippen molar-refractivity contribution in [1.29, 1.82) is 0 Å². The summed E-state index contributed by atoms with van der Waals surface area (Å²) in [5.41, 5.74) is -1.74. The Kier molecular flexibility index (Phi) is 10.5. The average Bonchev–Trinajstić information content (AvgIpc) is 2.93. The van der Waals surface area contributed by atoms with Crippen molar-refractivity contribution in [3.8, 4) is 5.75 Å². The standard InChI is InChI=1S/C27H31F2N3O8S/c1-27(2,23(34)22(33)18-8-4-3-5-9-18)31-24(35)20(30-26(36)32-12-14-39-15-13-32)17-41(37,38)16-19-10-6-7-11-21(19)40-25(28)29/h3-11,20,25H,12-17H2,1-2H3,(H,30,36)(H,31,35). The first-order valence-corrected chi connectivity index (χ1v) is 14.4. The fourth-order valence-electron chi connectivity index (χ4n) is 4.03. The van der Waals surface area contributed by atoms with Crippen molar-refractivity contribution in [2.45, 2.75) is 37.8 Å². The zero-order valence-electron chi connectivity index (χ0n) is 22.5. The Morgan fingerprint density at radius 3 is 2.24 bits per heavy atom. The van der Waals surface area contributed by atoms with Crippen LogP contribution in [0.25, 0.3) is 0 Å². The molecule has 1 heterocycles. The number of nitrogens with zero attached hydrogens (tertiary/aromatic N) is 1. The fraction of sp³-hybridized carbons (Fsp3) is 0.407. The second-order valence-electron chi connectivity index (χ2n) is 9.78. The topological polar surface area (TPSA) is 148 Å². The highest BCUT2D eigenvalue weighted by Crippen LogP contribution is 2.23. The summed E-state index contributed by atoms with van der Waals surface area (Å²) in [4.78, 5) is 53.3. The number of alkyl halides is 2. The number of Topliss-reactive ketones (excluding diaryl/α,β-unsaturated/α-hetero) is 2. The molecule has 2 aromatic rings. The SMILES string of the molecule is CC(C)(NC(=O)C(CS(=O)(=O)Cc1ccccc1OC(F)F)NC(=O)N1CCOCC1)C(=O)C(=O)c1ccccc1. The van der Waals surface area contributed by atoms with E-state index in [4.69, 9.17) is 4.74 Å². The third kappa shape index (κ3) is 9.05. The summed E-state index contributed by atoms with van der Waals surface area (Å²) in [5, 5.41) is 4.77. The first-order chi connectivity index (χ1) is 19.3. The van der Waals surface area contributed by atoms with Crippen molar-refractivity contribution in [2.24, 2.45) is 0 Å². The summed E-state index contributed by atoms with van der Waals surface area (Å²) in [5.74, 6) is -4.93. The molecule has 0 aliphatic carbocycles. The highest BCUT2D eigenvalue weighted by molar-refractivity contribution is 7.90. The number of sulfone groups is 1. The van der Waals surface area contributed by atoms with E-state index < -0.39 is 63.0 Å². The minimum absolute atomic E-state index is 0.0737. The van der Waals surface area contributed by atoms with E-state index in [1.807, 2.05) is 0 Å². The molecule has 0 saturated carbocycles. The Balaban J connectivity index is 1.82. The number of nitrogens with one attached hydrogen (secondary N) is 2. The number of hydrogen-bond acceptors (Lipinski definition) is 8. The third-order valence-electron chi connectivity index (χ3n) is 6.14. The molecule has 1 unspecified atom stereocenters. The zero-order chi connectivity index (χ0) is 30.2. The monoisotopic (exact) mass is 595 g/mol. The van der Waals surface area contributed by atoms with E-state index in [1.165, 1.54) is 55.1 Å². The van der Waals surface area contributed by atoms with Crippen LogP contribution in [0.5, 0.6) is 5.75 Å². The zero-order valence-corrected chi connectivity index (χ0v) is 23.3. The number of ketones is 2. The molecule has 0 aromatic heterocycles. The van der Waals surface area contributed by atoms with Gasteiger partial charge in [0.2, 0.25) is 17.5 Å². The van der Waals surface area contributed by atoms with Crippen LogP contribution in [0.3, 0.4) is 0 Å². The summed E-state index contributed by atoms with van der Waals surface area (Å²) >= 11 is 0. The van der Waals surface area contributed by atoms with Crippen molar-refractivity contribution in [3.63, 3.8) is 0 Å². The Morgan fingerprint density at radius 1 is 1.00 bits per heavy atom. The predicted molar refractivity (Wildman–Crippen MR) is 143 cm³/mol. The number of para-hydroxylation sites is 1. The molecule has 0 spiro atoms. The van der Waals surface area contributed by atoms with Gasteiger partial charge in [0, 0.05) is 24.2 Å². The lowest BCUT2D eigenvalue weighted by molar-refractivity contribution is -0.129. The van der Waals surface area contributed by atoms with Crippen molar-refractivity contribution in [1.82, 2.24) is 15.5 Å². The molecule has 0 radical (unpaired) electrons. The lowest BCUT2D eigenvalue weighted by atomic mass is 9.92. The number of benzene rings is 2. The first-order valence-electron chi connectivity index (χ1n) is 12.6. The van der Waals surface area contributed by atoms with Crippen molar-refractivity contribution >= 4 is 33.3 Å². The van der Waals surface area contributed by atoms with Crippen LogP contribution >= 0.6 is 0 Å². The van der Waals surface area contributed by atoms with Crippen molar-refractivity contribution in [3.05, 3.63) is 65.7 Å². The van der Waals surface area contributed by atoms with E-state index in [0.717, 1.165) is 0 Å². The van der Waals surface area contributed by atoms with Crippen molar-refractivity contribution < 1.29 is 45.9 Å². The lowest BCUT2D eigenvalue weighted by Gasteiger charge is -2.31. The summed E-state index contributed by atoms with van der Waals surface area (Å²) in [6.45, 7) is 0.243. The Morgan fingerprint density at radius 2 is 1.61 bits per heavy atom. The molecule has 14 heteroatoms. The van der Waals surface area contributed by atoms with Crippen LogP contribution in [-0.2, 0) is 29.9 Å². The molecule has 1 fully saturated rings. The molecule has 1 aliphatic rings. The van der Waals surface area contributed by atoms with Crippen LogP contribution in [0.2, 0.25) is 0 Å². The molecular weight excluding hydrogens is 564 g/mol. The number of urea groups is 1. The summed E-state index contributed by atoms with van der Waals surface area (Å²) in [6.07, 6.45) is 0. The van der Waals surface area contributed by atoms with Crippen molar-refractivity contribution in [2.75, 3.05) is 32.1 Å². The van der Waals surface area contributed by atoms with Gasteiger partial charge in [-0.25, -0.2) is 13.2 Å². The van der Waals surface area contributed by atoms with Gasteiger partial charge in [0.25, 0.3) is 0 Å². The second-order valence-corrected chi connectivity index (χ2v) is 11.9. The summed E-state index contributed by atoms with van der Waals surface area (Å²) in [6, 6.07) is 10.5. The summed E-state index contributed by atoms with van der Waals surface area (Å²) in [7, 11) is -4.24. The number of carbonyl (C=O) groups is 4. The van der Waals surface area contributed by atoms with Crippen LogP contribution in [0, 0.1) is 0 Å². The number of carbonyl (C=O) groups excluding carboxylic acids is 4. The molecule has 2 N–H and O–H groups in total. The Bertz CT molecular complexity index is 1360. The molecule has 3 rings (SSSR count). The van der Waals surface area contributed by atoms with Crippen LogP contribution in [0.4, 0.5) is 13.6 Å². The number of rotatable bonds is 12. The van der Waals surface area contributed by atoms with E-state index in [2.05, 4.69) is 15.4 Å². The van der Waals surface area contributed by atoms with E-state index in [-0.39, 0.29) is 43.2 Å². The molecule has 222 valence electrons. The molecule has 11 nitrogen and oxygen atoms in total. The lowest BCUT2D eigenvalue weighted by Crippen LogP contribution is -2.61. The highest BCUT2D eigenvalue weighted by Gasteiger charge is 2.38. The maximum Gasteiger partial charge on any atom is 0.387 e. The first kappa shape index (κ1) is 31.6. The molecule has 0 bridgehead atoms. The third-order valence-corrected chi connectivity index (χ3v) is 7.73. The van der Waals surface area contributed by atoms with E-state index in [9.17, 15) is 36.4 Å². The number of hydrogen-bond donors (Lipinski definition) is 2. The fourth-order valence-corrected chi connectivity index (χ4v) is 5.60. The minimum Gasteiger partial charge on any atom is -0.435 e. The van der Waals surface area contributed by atoms with Gasteiger partial charge in [0.15, 0.2) is 9.84 Å². The smallest absolute Gasteiger partial charge is 0.387 e. The van der Waals surface area contributed by atoms with Gasteiger partial charge in [-0.05, 0) is 19.9 Å². The second kappa shape index (κ2) is 13.6. The molecule has 1 atom stereocenters. The quantitative estimate of drug-likeness (QED) is 0.280. The molecule has 3 amide bonds. The summed E-state index contributed by atoms with van der Waals surface area (Å²) < 4.78 is 61.6. The van der Waals surface area contributed by atoms with Crippen LogP contribution in [0.15, 0.2) is 54.6 Å². The molecular formula is C27H31F2N3O8S. The largest absolute Gasteiger partial charge is 0.435 e. The average molecular weight is 596 g/mol. The molecule has 2 aromatic carbocycles. The molecule has 1 saturated heterocycles. The van der Waals surface area contributed by atoms with Gasteiger partial charge in [-0.3, -0.25) is 14.4 Å². The van der Waals surface area contributed by atoms with Gasteiger partial charge in [0.05, 0.1) is 24.7 Å². The van der Waals surface area contributed by atoms with E-state index >= 15 is 0 Å². The van der Waals surface area contributed by atoms with E-state index in [1.54, 1.807) is 18.2 Å². The number of halogens is 2. The highest BCUT2D eigenvalue weighted by atomic mass is 32.2. The number of morpholine rings is 1. The number of amides is 3. The molecule has 41 heavy (non-hydrogen) atoms. The maximum atomic E-state index is 13.4. The van der Waals surface area contributed by atoms with Crippen LogP contribution in [0.1, 0.15) is 29.8 Å². The van der Waals surface area contributed by atoms with Gasteiger partial charge < -0.3 is 25.0 Å². The Hall–Kier alpha value is -3.91. The van der Waals surface area contributed by atoms with Crippen LogP contribution < -0.4 is 15.4 Å². The number of ether oxygens (including phenoxy) is 2. The predicted octanol–water partition coefficient (Wildman–Crippen LogP) is 1.96. The maximum absolute atomic E-state index is 13.4. The van der Waals surface area contributed by atoms with Crippen LogP contribution in [-0.4, -0.2) is 87.1 Å². The van der Waals surface area contributed by atoms with Gasteiger partial charge >= 0.3 is 12.6 Å². The molecule has 1 aliphatic heterocycles. The Labute approximate surface area is 236 Å². The van der Waals surface area contributed by atoms with E-state index in [0.29, 0.717) is 0 Å². The van der Waals surface area contributed by atoms with Gasteiger partial charge in [-0.2, -0.15) is 8.78 Å². The van der Waals surface area contributed by atoms with Gasteiger partial charge in [-0.15, -0.1) is 0 Å².